The number of nitrogens with zero attached hydrogens (tertiary/aromatic N) is 2. The summed E-state index contributed by atoms with van der Waals surface area (Å²) in [4.78, 5) is 27.5. The van der Waals surface area contributed by atoms with Gasteiger partial charge in [-0.05, 0) is 56.9 Å². The number of furan rings is 2. The molecule has 2 aromatic carbocycles. The molecule has 2 amide bonds. The molecule has 36 heavy (non-hydrogen) atoms. The number of benzene rings is 2. The fraction of sp³-hybridized carbons (Fsp3) is 0.276. The lowest BCUT2D eigenvalue weighted by molar-refractivity contribution is -0.120. The number of rotatable bonds is 5. The van der Waals surface area contributed by atoms with E-state index >= 15 is 0 Å². The fourth-order valence-electron chi connectivity index (χ4n) is 4.77. The molecule has 0 atom stereocenters. The highest BCUT2D eigenvalue weighted by molar-refractivity contribution is 6.10. The lowest BCUT2D eigenvalue weighted by Crippen LogP contribution is -2.26. The lowest BCUT2D eigenvalue weighted by atomic mass is 9.93. The summed E-state index contributed by atoms with van der Waals surface area (Å²) in [6.45, 7) is 5.93. The third-order valence-electron chi connectivity index (χ3n) is 6.98. The second-order valence-electron chi connectivity index (χ2n) is 9.32. The third kappa shape index (κ3) is 4.21. The van der Waals surface area contributed by atoms with Crippen LogP contribution in [0, 0.1) is 20.8 Å². The number of amides is 2. The maximum absolute atomic E-state index is 13.2. The topological polar surface area (TPSA) is 88.0 Å². The number of hydrogen-bond acceptors (Lipinski definition) is 5. The number of anilines is 1. The van der Waals surface area contributed by atoms with Gasteiger partial charge in [-0.2, -0.15) is 5.10 Å². The first-order chi connectivity index (χ1) is 17.3. The van der Waals surface area contributed by atoms with Crippen molar-refractivity contribution in [1.29, 1.82) is 0 Å². The number of para-hydroxylation sites is 1. The van der Waals surface area contributed by atoms with Crippen LogP contribution in [0.15, 0.2) is 62.7 Å². The predicted octanol–water partition coefficient (Wildman–Crippen LogP) is 5.63. The summed E-state index contributed by atoms with van der Waals surface area (Å²) < 4.78 is 11.8. The van der Waals surface area contributed by atoms with Crippen LogP contribution in [0.2, 0.25) is 0 Å². The zero-order valence-corrected chi connectivity index (χ0v) is 21.0. The molecule has 7 heteroatoms. The average Bonchev–Trinajstić information content (AvgIpc) is 3.46. The number of hydrogen-bond donors (Lipinski definition) is 1. The van der Waals surface area contributed by atoms with Gasteiger partial charge in [-0.1, -0.05) is 30.3 Å². The maximum atomic E-state index is 13.2. The molecule has 0 unspecified atom stereocenters. The maximum Gasteiger partial charge on any atom is 0.294 e. The zero-order valence-electron chi connectivity index (χ0n) is 21.0. The Morgan fingerprint density at radius 2 is 1.81 bits per heavy atom. The Bertz CT molecular complexity index is 1490. The summed E-state index contributed by atoms with van der Waals surface area (Å²) in [5.74, 6) is 0.608. The van der Waals surface area contributed by atoms with Gasteiger partial charge in [0.1, 0.15) is 11.3 Å². The van der Waals surface area contributed by atoms with E-state index < -0.39 is 0 Å². The van der Waals surface area contributed by atoms with Crippen LogP contribution in [0.3, 0.4) is 0 Å². The third-order valence-corrected chi connectivity index (χ3v) is 6.98. The van der Waals surface area contributed by atoms with Crippen molar-refractivity contribution in [3.05, 3.63) is 88.1 Å². The van der Waals surface area contributed by atoms with E-state index in [2.05, 4.69) is 10.5 Å². The summed E-state index contributed by atoms with van der Waals surface area (Å²) in [7, 11) is 1.73. The summed E-state index contributed by atoms with van der Waals surface area (Å²) in [5.41, 5.74) is 9.66. The van der Waals surface area contributed by atoms with Crippen molar-refractivity contribution in [3.63, 3.8) is 0 Å². The first-order valence-corrected chi connectivity index (χ1v) is 12.1. The summed E-state index contributed by atoms with van der Waals surface area (Å²) >= 11 is 0. The second-order valence-corrected chi connectivity index (χ2v) is 9.32. The Morgan fingerprint density at radius 3 is 2.58 bits per heavy atom. The first kappa shape index (κ1) is 23.6. The Labute approximate surface area is 209 Å². The van der Waals surface area contributed by atoms with Crippen molar-refractivity contribution in [1.82, 2.24) is 5.43 Å². The molecule has 0 radical (unpaired) electrons. The minimum atomic E-state index is -0.225. The van der Waals surface area contributed by atoms with Gasteiger partial charge in [0.15, 0.2) is 5.76 Å². The summed E-state index contributed by atoms with van der Waals surface area (Å²) in [6.07, 6.45) is 4.06. The quantitative estimate of drug-likeness (QED) is 0.373. The van der Waals surface area contributed by atoms with Gasteiger partial charge in [-0.15, -0.1) is 0 Å². The zero-order chi connectivity index (χ0) is 25.4. The van der Waals surface area contributed by atoms with Crippen LogP contribution in [-0.4, -0.2) is 24.6 Å². The van der Waals surface area contributed by atoms with E-state index in [-0.39, 0.29) is 18.2 Å². The van der Waals surface area contributed by atoms with Crippen LogP contribution in [-0.2, 0) is 17.6 Å². The van der Waals surface area contributed by atoms with Gasteiger partial charge in [0.2, 0.25) is 5.91 Å². The van der Waals surface area contributed by atoms with Crippen molar-refractivity contribution in [2.24, 2.45) is 5.10 Å². The van der Waals surface area contributed by atoms with Crippen LogP contribution in [0.1, 0.15) is 57.0 Å². The van der Waals surface area contributed by atoms with Crippen molar-refractivity contribution in [3.8, 4) is 0 Å². The molecule has 2 heterocycles. The average molecular weight is 484 g/mol. The molecule has 184 valence electrons. The van der Waals surface area contributed by atoms with Crippen molar-refractivity contribution < 1.29 is 18.4 Å². The van der Waals surface area contributed by atoms with Crippen LogP contribution < -0.4 is 10.3 Å². The molecule has 0 spiro atoms. The largest absolute Gasteiger partial charge is 0.464 e. The van der Waals surface area contributed by atoms with Gasteiger partial charge in [-0.3, -0.25) is 9.59 Å². The molecule has 0 saturated heterocycles. The van der Waals surface area contributed by atoms with E-state index in [9.17, 15) is 9.59 Å². The van der Waals surface area contributed by atoms with Gasteiger partial charge in [-0.25, -0.2) is 5.43 Å². The van der Waals surface area contributed by atoms with Crippen LogP contribution in [0.25, 0.3) is 11.0 Å². The highest BCUT2D eigenvalue weighted by atomic mass is 16.4. The SMILES string of the molecule is Cc1ccc2c(CC(=O)N/N=C3\CCCc4oc(C(=O)N(C)c5ccccc5)c(C)c43)coc2c1C. The van der Waals surface area contributed by atoms with E-state index in [0.29, 0.717) is 12.2 Å². The van der Waals surface area contributed by atoms with Crippen LogP contribution >= 0.6 is 0 Å². The smallest absolute Gasteiger partial charge is 0.294 e. The number of fused-ring (bicyclic) bond motifs is 2. The van der Waals surface area contributed by atoms with E-state index in [1.54, 1.807) is 18.2 Å². The Kier molecular flexibility index (Phi) is 6.22. The number of carbonyl (C=O) groups is 2. The lowest BCUT2D eigenvalue weighted by Gasteiger charge is -2.16. The highest BCUT2D eigenvalue weighted by Crippen LogP contribution is 2.31. The van der Waals surface area contributed by atoms with Crippen molar-refractivity contribution in [2.75, 3.05) is 11.9 Å². The Morgan fingerprint density at radius 1 is 1.03 bits per heavy atom. The normalized spacial score (nSPS) is 14.2. The van der Waals surface area contributed by atoms with Crippen molar-refractivity contribution in [2.45, 2.75) is 46.5 Å². The van der Waals surface area contributed by atoms with Gasteiger partial charge < -0.3 is 13.7 Å². The molecule has 0 saturated carbocycles. The monoisotopic (exact) mass is 483 g/mol. The molecule has 2 aromatic heterocycles. The molecule has 1 N–H and O–H groups in total. The number of nitrogens with one attached hydrogen (secondary N) is 1. The van der Waals surface area contributed by atoms with Crippen LogP contribution in [0.5, 0.6) is 0 Å². The van der Waals surface area contributed by atoms with E-state index in [1.807, 2.05) is 63.2 Å². The summed E-state index contributed by atoms with van der Waals surface area (Å²) in [6, 6.07) is 13.5. The highest BCUT2D eigenvalue weighted by Gasteiger charge is 2.29. The molecule has 7 nitrogen and oxygen atoms in total. The van der Waals surface area contributed by atoms with E-state index in [0.717, 1.165) is 68.8 Å². The number of carbonyl (C=O) groups excluding carboxylic acids is 2. The number of hydrazone groups is 1. The minimum absolute atomic E-state index is 0.162. The minimum Gasteiger partial charge on any atom is -0.464 e. The number of aryl methyl sites for hydroxylation is 3. The van der Waals surface area contributed by atoms with Gasteiger partial charge in [0.05, 0.1) is 18.4 Å². The molecule has 0 aliphatic heterocycles. The van der Waals surface area contributed by atoms with Gasteiger partial charge >= 0.3 is 0 Å². The fourth-order valence-corrected chi connectivity index (χ4v) is 4.77. The first-order valence-electron chi connectivity index (χ1n) is 12.1. The Hall–Kier alpha value is -4.13. The second kappa shape index (κ2) is 9.49. The van der Waals surface area contributed by atoms with Gasteiger partial charge in [0.25, 0.3) is 5.91 Å². The van der Waals surface area contributed by atoms with E-state index in [4.69, 9.17) is 8.83 Å². The van der Waals surface area contributed by atoms with Crippen molar-refractivity contribution >= 4 is 34.2 Å². The molecule has 1 aliphatic carbocycles. The van der Waals surface area contributed by atoms with E-state index in [1.165, 1.54) is 0 Å². The molecule has 0 bridgehead atoms. The van der Waals surface area contributed by atoms with Crippen LogP contribution in [0.4, 0.5) is 5.69 Å². The predicted molar refractivity (Wildman–Crippen MR) is 140 cm³/mol. The summed E-state index contributed by atoms with van der Waals surface area (Å²) in [5, 5.41) is 5.40. The molecular formula is C29H29N3O4. The molecule has 5 rings (SSSR count). The molecule has 1 aliphatic rings. The Balaban J connectivity index is 1.35. The standard InChI is InChI=1S/C29H29N3O4/c1-17-13-14-22-20(16-35-27(22)18(17)2)15-25(33)31-30-23-11-8-12-24-26(23)19(3)28(36-24)29(34)32(4)21-9-6-5-7-10-21/h5-7,9-10,13-14,16H,8,11-12,15H2,1-4H3,(H,31,33)/b30-23+. The molecule has 0 fully saturated rings. The molecular weight excluding hydrogens is 454 g/mol. The molecule has 4 aromatic rings. The van der Waals surface area contributed by atoms with Gasteiger partial charge in [0, 0.05) is 41.2 Å².